The van der Waals surface area contributed by atoms with Crippen molar-refractivity contribution < 1.29 is 9.53 Å². The van der Waals surface area contributed by atoms with Crippen molar-refractivity contribution in [2.24, 2.45) is 17.6 Å². The van der Waals surface area contributed by atoms with Crippen molar-refractivity contribution in [3.05, 3.63) is 46.5 Å². The number of primary amides is 1. The molecule has 5 heteroatoms. The second-order valence-electron chi connectivity index (χ2n) is 5.97. The molecular formula is C17H23Cl2NO2. The maximum absolute atomic E-state index is 11.5. The van der Waals surface area contributed by atoms with Gasteiger partial charge < -0.3 is 10.5 Å². The number of ether oxygens (including phenoxy) is 1. The zero-order chi connectivity index (χ0) is 17.1. The molecule has 1 unspecified atom stereocenters. The summed E-state index contributed by atoms with van der Waals surface area (Å²) < 4.78 is 5.63. The summed E-state index contributed by atoms with van der Waals surface area (Å²) in [5.74, 6) is -0.204. The number of halogens is 2. The van der Waals surface area contributed by atoms with Crippen LogP contribution >= 0.6 is 23.2 Å². The maximum atomic E-state index is 11.5. The Morgan fingerprint density at radius 1 is 1.23 bits per heavy atom. The summed E-state index contributed by atoms with van der Waals surface area (Å²) in [6.07, 6.45) is 0.969. The molecule has 0 aliphatic rings. The van der Waals surface area contributed by atoms with Gasteiger partial charge in [-0.25, -0.2) is 4.79 Å². The predicted molar refractivity (Wildman–Crippen MR) is 92.5 cm³/mol. The van der Waals surface area contributed by atoms with Gasteiger partial charge in [0, 0.05) is 5.92 Å². The topological polar surface area (TPSA) is 52.3 Å². The number of carbonyl (C=O) groups is 1. The van der Waals surface area contributed by atoms with Gasteiger partial charge in [0.2, 0.25) is 0 Å². The van der Waals surface area contributed by atoms with Crippen molar-refractivity contribution in [2.45, 2.75) is 39.2 Å². The van der Waals surface area contributed by atoms with Crippen molar-refractivity contribution in [1.29, 1.82) is 0 Å². The van der Waals surface area contributed by atoms with Crippen molar-refractivity contribution in [2.75, 3.05) is 0 Å². The zero-order valence-electron chi connectivity index (χ0n) is 13.4. The van der Waals surface area contributed by atoms with Crippen LogP contribution in [-0.2, 0) is 4.74 Å². The molecule has 0 aliphatic heterocycles. The number of carbonyl (C=O) groups excluding carboxylic acids is 1. The van der Waals surface area contributed by atoms with E-state index in [2.05, 4.69) is 6.58 Å². The molecule has 1 aromatic rings. The Balaban J connectivity index is 3.49. The van der Waals surface area contributed by atoms with E-state index >= 15 is 0 Å². The van der Waals surface area contributed by atoms with Crippen LogP contribution in [0, 0.1) is 11.8 Å². The third kappa shape index (κ3) is 3.58. The van der Waals surface area contributed by atoms with Gasteiger partial charge in [-0.15, -0.1) is 6.58 Å². The molecule has 0 saturated heterocycles. The van der Waals surface area contributed by atoms with Gasteiger partial charge in [0.25, 0.3) is 0 Å². The lowest BCUT2D eigenvalue weighted by Crippen LogP contribution is -2.50. The highest BCUT2D eigenvalue weighted by Gasteiger charge is 2.47. The molecule has 0 aromatic heterocycles. The molecule has 1 atom stereocenters. The van der Waals surface area contributed by atoms with Gasteiger partial charge in [0.15, 0.2) is 0 Å². The lowest BCUT2D eigenvalue weighted by Gasteiger charge is -2.45. The number of hydrogen-bond acceptors (Lipinski definition) is 2. The SMILES string of the molecule is C=CC(c1ccc(Cl)c(Cl)c1)C(OC(N)=O)(C(C)C)C(C)C. The first kappa shape index (κ1) is 18.9. The van der Waals surface area contributed by atoms with Gasteiger partial charge in [-0.2, -0.15) is 0 Å². The Morgan fingerprint density at radius 2 is 1.77 bits per heavy atom. The minimum atomic E-state index is -0.815. The number of nitrogens with two attached hydrogens (primary N) is 1. The molecule has 2 N–H and O–H groups in total. The van der Waals surface area contributed by atoms with Crippen LogP contribution in [0.2, 0.25) is 10.0 Å². The average molecular weight is 344 g/mol. The van der Waals surface area contributed by atoms with E-state index in [9.17, 15) is 4.79 Å². The van der Waals surface area contributed by atoms with Gasteiger partial charge >= 0.3 is 6.09 Å². The Kier molecular flexibility index (Phi) is 6.33. The van der Waals surface area contributed by atoms with Crippen molar-refractivity contribution in [1.82, 2.24) is 0 Å². The number of hydrogen-bond donors (Lipinski definition) is 1. The van der Waals surface area contributed by atoms with E-state index in [1.807, 2.05) is 33.8 Å². The monoisotopic (exact) mass is 343 g/mol. The minimum absolute atomic E-state index is 0.0254. The summed E-state index contributed by atoms with van der Waals surface area (Å²) in [6, 6.07) is 5.37. The average Bonchev–Trinajstić information content (AvgIpc) is 2.41. The molecule has 1 aromatic carbocycles. The quantitative estimate of drug-likeness (QED) is 0.702. The van der Waals surface area contributed by atoms with Crippen LogP contribution in [-0.4, -0.2) is 11.7 Å². The summed E-state index contributed by atoms with van der Waals surface area (Å²) in [4.78, 5) is 11.5. The van der Waals surface area contributed by atoms with Crippen LogP contribution < -0.4 is 5.73 Å². The van der Waals surface area contributed by atoms with E-state index in [0.717, 1.165) is 5.56 Å². The van der Waals surface area contributed by atoms with Gasteiger partial charge in [-0.1, -0.05) is 63.0 Å². The highest BCUT2D eigenvalue weighted by molar-refractivity contribution is 6.42. The molecule has 3 nitrogen and oxygen atoms in total. The smallest absolute Gasteiger partial charge is 0.405 e. The number of amides is 1. The third-order valence-corrected chi connectivity index (χ3v) is 4.85. The molecule has 0 saturated carbocycles. The Labute approximate surface area is 142 Å². The normalized spacial score (nSPS) is 13.3. The van der Waals surface area contributed by atoms with Gasteiger partial charge in [0.1, 0.15) is 5.60 Å². The van der Waals surface area contributed by atoms with Gasteiger partial charge in [0.05, 0.1) is 10.0 Å². The minimum Gasteiger partial charge on any atom is -0.442 e. The first-order valence-corrected chi connectivity index (χ1v) is 7.98. The fourth-order valence-electron chi connectivity index (χ4n) is 3.14. The maximum Gasteiger partial charge on any atom is 0.405 e. The second-order valence-corrected chi connectivity index (χ2v) is 6.79. The summed E-state index contributed by atoms with van der Waals surface area (Å²) in [6.45, 7) is 11.9. The zero-order valence-corrected chi connectivity index (χ0v) is 14.9. The van der Waals surface area contributed by atoms with Crippen molar-refractivity contribution in [3.8, 4) is 0 Å². The summed E-state index contributed by atoms with van der Waals surface area (Å²) in [5.41, 5.74) is 5.40. The third-order valence-electron chi connectivity index (χ3n) is 4.11. The summed E-state index contributed by atoms with van der Waals surface area (Å²) in [7, 11) is 0. The molecular weight excluding hydrogens is 321 g/mol. The fourth-order valence-corrected chi connectivity index (χ4v) is 3.45. The molecule has 0 fully saturated rings. The summed E-state index contributed by atoms with van der Waals surface area (Å²) in [5, 5.41) is 0.926. The predicted octanol–water partition coefficient (Wildman–Crippen LogP) is 5.41. The lowest BCUT2D eigenvalue weighted by molar-refractivity contribution is -0.0663. The van der Waals surface area contributed by atoms with Crippen molar-refractivity contribution >= 4 is 29.3 Å². The van der Waals surface area contributed by atoms with Crippen LogP contribution in [0.1, 0.15) is 39.2 Å². The Morgan fingerprint density at radius 3 is 2.14 bits per heavy atom. The summed E-state index contributed by atoms with van der Waals surface area (Å²) >= 11 is 12.1. The second kappa shape index (κ2) is 7.38. The van der Waals surface area contributed by atoms with Crippen LogP contribution in [0.4, 0.5) is 4.79 Å². The molecule has 1 amide bonds. The van der Waals surface area contributed by atoms with Crippen LogP contribution in [0.3, 0.4) is 0 Å². The number of rotatable bonds is 6. The first-order chi connectivity index (χ1) is 10.2. The van der Waals surface area contributed by atoms with E-state index in [-0.39, 0.29) is 17.8 Å². The fraction of sp³-hybridized carbons (Fsp3) is 0.471. The Bertz CT molecular complexity index is 548. The highest BCUT2D eigenvalue weighted by Crippen LogP contribution is 2.44. The largest absolute Gasteiger partial charge is 0.442 e. The molecule has 0 bridgehead atoms. The van der Waals surface area contributed by atoms with Crippen LogP contribution in [0.15, 0.2) is 30.9 Å². The molecule has 0 heterocycles. The number of benzene rings is 1. The van der Waals surface area contributed by atoms with E-state index < -0.39 is 11.7 Å². The van der Waals surface area contributed by atoms with Gasteiger partial charge in [-0.3, -0.25) is 0 Å². The van der Waals surface area contributed by atoms with Crippen LogP contribution in [0.5, 0.6) is 0 Å². The van der Waals surface area contributed by atoms with E-state index in [0.29, 0.717) is 10.0 Å². The molecule has 0 aliphatic carbocycles. The molecule has 22 heavy (non-hydrogen) atoms. The van der Waals surface area contributed by atoms with Crippen molar-refractivity contribution in [3.63, 3.8) is 0 Å². The standard InChI is InChI=1S/C17H23Cl2NO2/c1-6-13(12-7-8-14(18)15(19)9-12)17(10(2)3,11(4)5)22-16(20)21/h6-11,13H,1H2,2-5H3,(H2,20,21). The molecule has 0 spiro atoms. The van der Waals surface area contributed by atoms with Gasteiger partial charge in [-0.05, 0) is 29.5 Å². The highest BCUT2D eigenvalue weighted by atomic mass is 35.5. The van der Waals surface area contributed by atoms with Crippen LogP contribution in [0.25, 0.3) is 0 Å². The molecule has 0 radical (unpaired) electrons. The molecule has 122 valence electrons. The Hall–Kier alpha value is -1.19. The molecule has 1 rings (SSSR count). The lowest BCUT2D eigenvalue weighted by atomic mass is 9.68. The first-order valence-electron chi connectivity index (χ1n) is 7.22. The van der Waals surface area contributed by atoms with E-state index in [1.165, 1.54) is 0 Å². The van der Waals surface area contributed by atoms with E-state index in [1.54, 1.807) is 18.2 Å². The van der Waals surface area contributed by atoms with E-state index in [4.69, 9.17) is 33.7 Å².